The molecule has 0 aliphatic rings. The van der Waals surface area contributed by atoms with Gasteiger partial charge in [0.25, 0.3) is 0 Å². The zero-order chi connectivity index (χ0) is 17.6. The van der Waals surface area contributed by atoms with Crippen molar-refractivity contribution in [1.29, 1.82) is 0 Å². The number of amides is 1. The summed E-state index contributed by atoms with van der Waals surface area (Å²) >= 11 is 1.51. The van der Waals surface area contributed by atoms with Crippen LogP contribution in [0.2, 0.25) is 0 Å². The van der Waals surface area contributed by atoms with Crippen molar-refractivity contribution in [3.8, 4) is 0 Å². The number of aryl methyl sites for hydroxylation is 1. The van der Waals surface area contributed by atoms with Gasteiger partial charge in [-0.3, -0.25) is 4.79 Å². The van der Waals surface area contributed by atoms with Crippen molar-refractivity contribution in [3.05, 3.63) is 93.7 Å². The minimum absolute atomic E-state index is 0.106. The summed E-state index contributed by atoms with van der Waals surface area (Å²) in [6, 6.07) is 21.4. The number of hydrogen-bond donors (Lipinski definition) is 2. The molecule has 3 rings (SSSR count). The molecule has 2 aromatic carbocycles. The number of hydrogen-bond acceptors (Lipinski definition) is 3. The quantitative estimate of drug-likeness (QED) is 0.704. The molecule has 0 saturated carbocycles. The van der Waals surface area contributed by atoms with Gasteiger partial charge in [-0.1, -0.05) is 60.7 Å². The number of aliphatic hydroxyl groups is 1. The summed E-state index contributed by atoms with van der Waals surface area (Å²) in [5.74, 6) is -0.496. The second kappa shape index (κ2) is 8.10. The van der Waals surface area contributed by atoms with Crippen LogP contribution in [-0.4, -0.2) is 17.6 Å². The molecule has 0 bridgehead atoms. The predicted molar refractivity (Wildman–Crippen MR) is 102 cm³/mol. The molecule has 25 heavy (non-hydrogen) atoms. The molecule has 1 amide bonds. The predicted octanol–water partition coefficient (Wildman–Crippen LogP) is 4.04. The fourth-order valence-electron chi connectivity index (χ4n) is 2.90. The van der Waals surface area contributed by atoms with Crippen molar-refractivity contribution in [3.63, 3.8) is 0 Å². The normalized spacial score (nSPS) is 12.1. The van der Waals surface area contributed by atoms with E-state index < -0.39 is 6.10 Å². The Bertz CT molecular complexity index is 775. The Morgan fingerprint density at radius 3 is 2.04 bits per heavy atom. The lowest BCUT2D eigenvalue weighted by Crippen LogP contribution is -2.33. The van der Waals surface area contributed by atoms with E-state index in [1.165, 1.54) is 11.3 Å². The van der Waals surface area contributed by atoms with Crippen molar-refractivity contribution >= 4 is 17.2 Å². The number of aliphatic hydroxyl groups excluding tert-OH is 1. The first kappa shape index (κ1) is 17.4. The van der Waals surface area contributed by atoms with Crippen molar-refractivity contribution in [2.75, 3.05) is 6.54 Å². The lowest BCUT2D eigenvalue weighted by Gasteiger charge is -2.19. The largest absolute Gasteiger partial charge is 0.386 e. The first-order valence-corrected chi connectivity index (χ1v) is 9.14. The minimum Gasteiger partial charge on any atom is -0.386 e. The van der Waals surface area contributed by atoms with Crippen LogP contribution in [0.15, 0.2) is 72.1 Å². The van der Waals surface area contributed by atoms with Gasteiger partial charge in [0.05, 0.1) is 5.92 Å². The van der Waals surface area contributed by atoms with Gasteiger partial charge in [-0.05, 0) is 35.1 Å². The van der Waals surface area contributed by atoms with Crippen LogP contribution in [0.3, 0.4) is 0 Å². The zero-order valence-corrected chi connectivity index (χ0v) is 14.9. The van der Waals surface area contributed by atoms with Crippen LogP contribution < -0.4 is 5.32 Å². The summed E-state index contributed by atoms with van der Waals surface area (Å²) < 4.78 is 0. The number of thiophene rings is 1. The Morgan fingerprint density at radius 1 is 1.00 bits per heavy atom. The van der Waals surface area contributed by atoms with Gasteiger partial charge in [0, 0.05) is 11.4 Å². The number of rotatable bonds is 6. The SMILES string of the molecule is Cc1ccsc1C(O)CNC(=O)C(c1ccccc1)c1ccccc1. The maximum Gasteiger partial charge on any atom is 0.232 e. The van der Waals surface area contributed by atoms with Crippen molar-refractivity contribution in [2.24, 2.45) is 0 Å². The van der Waals surface area contributed by atoms with Crippen LogP contribution in [0.4, 0.5) is 0 Å². The van der Waals surface area contributed by atoms with Gasteiger partial charge < -0.3 is 10.4 Å². The van der Waals surface area contributed by atoms with Crippen LogP contribution in [0, 0.1) is 6.92 Å². The Labute approximate surface area is 152 Å². The molecule has 1 unspecified atom stereocenters. The fourth-order valence-corrected chi connectivity index (χ4v) is 3.82. The third kappa shape index (κ3) is 4.16. The molecule has 0 spiro atoms. The molecular formula is C21H21NO2S. The average Bonchev–Trinajstić information content (AvgIpc) is 3.08. The molecule has 1 heterocycles. The van der Waals surface area contributed by atoms with Crippen LogP contribution in [0.1, 0.15) is 33.6 Å². The lowest BCUT2D eigenvalue weighted by atomic mass is 9.90. The van der Waals surface area contributed by atoms with E-state index in [2.05, 4.69) is 5.32 Å². The molecule has 1 aromatic heterocycles. The number of benzene rings is 2. The highest BCUT2D eigenvalue weighted by atomic mass is 32.1. The van der Waals surface area contributed by atoms with Gasteiger partial charge in [-0.25, -0.2) is 0 Å². The first-order chi connectivity index (χ1) is 12.2. The summed E-state index contributed by atoms with van der Waals surface area (Å²) in [5, 5.41) is 15.2. The van der Waals surface area contributed by atoms with Crippen molar-refractivity contribution < 1.29 is 9.90 Å². The standard InChI is InChI=1S/C21H21NO2S/c1-15-12-13-25-20(15)18(23)14-22-21(24)19(16-8-4-2-5-9-16)17-10-6-3-7-11-17/h2-13,18-19,23H,14H2,1H3,(H,22,24). The van der Waals surface area contributed by atoms with E-state index in [0.717, 1.165) is 21.6 Å². The molecule has 0 fully saturated rings. The average molecular weight is 351 g/mol. The highest BCUT2D eigenvalue weighted by molar-refractivity contribution is 7.10. The molecule has 0 aliphatic carbocycles. The van der Waals surface area contributed by atoms with Crippen LogP contribution >= 0.6 is 11.3 Å². The van der Waals surface area contributed by atoms with Gasteiger partial charge in [-0.15, -0.1) is 11.3 Å². The van der Waals surface area contributed by atoms with Crippen molar-refractivity contribution in [1.82, 2.24) is 5.32 Å². The Hall–Kier alpha value is -2.43. The van der Waals surface area contributed by atoms with Gasteiger partial charge in [0.2, 0.25) is 5.91 Å². The Balaban J connectivity index is 1.77. The molecule has 0 aliphatic heterocycles. The van der Waals surface area contributed by atoms with Gasteiger partial charge in [-0.2, -0.15) is 0 Å². The van der Waals surface area contributed by atoms with Gasteiger partial charge in [0.15, 0.2) is 0 Å². The lowest BCUT2D eigenvalue weighted by molar-refractivity contribution is -0.122. The maximum absolute atomic E-state index is 12.9. The van der Waals surface area contributed by atoms with Crippen LogP contribution in [-0.2, 0) is 4.79 Å². The Kier molecular flexibility index (Phi) is 5.64. The third-order valence-electron chi connectivity index (χ3n) is 4.20. The summed E-state index contributed by atoms with van der Waals surface area (Å²) in [6.45, 7) is 2.17. The molecule has 0 saturated heterocycles. The molecule has 128 valence electrons. The van der Waals surface area contributed by atoms with Crippen molar-refractivity contribution in [2.45, 2.75) is 18.9 Å². The van der Waals surface area contributed by atoms with E-state index in [-0.39, 0.29) is 18.4 Å². The number of carbonyl (C=O) groups is 1. The number of carbonyl (C=O) groups excluding carboxylic acids is 1. The highest BCUT2D eigenvalue weighted by Gasteiger charge is 2.23. The van der Waals surface area contributed by atoms with Crippen LogP contribution in [0.25, 0.3) is 0 Å². The van der Waals surface area contributed by atoms with E-state index in [1.54, 1.807) is 0 Å². The molecule has 3 nitrogen and oxygen atoms in total. The maximum atomic E-state index is 12.9. The molecular weight excluding hydrogens is 330 g/mol. The van der Waals surface area contributed by atoms with E-state index in [1.807, 2.05) is 79.0 Å². The summed E-state index contributed by atoms with van der Waals surface area (Å²) in [4.78, 5) is 13.8. The first-order valence-electron chi connectivity index (χ1n) is 8.26. The monoisotopic (exact) mass is 351 g/mol. The van der Waals surface area contributed by atoms with E-state index in [9.17, 15) is 9.90 Å². The summed E-state index contributed by atoms with van der Waals surface area (Å²) in [5.41, 5.74) is 2.93. The topological polar surface area (TPSA) is 49.3 Å². The highest BCUT2D eigenvalue weighted by Crippen LogP contribution is 2.26. The van der Waals surface area contributed by atoms with Gasteiger partial charge in [0.1, 0.15) is 6.10 Å². The van der Waals surface area contributed by atoms with E-state index in [4.69, 9.17) is 0 Å². The zero-order valence-electron chi connectivity index (χ0n) is 14.1. The minimum atomic E-state index is -0.684. The molecule has 2 N–H and O–H groups in total. The van der Waals surface area contributed by atoms with E-state index in [0.29, 0.717) is 0 Å². The smallest absolute Gasteiger partial charge is 0.232 e. The summed E-state index contributed by atoms with van der Waals surface area (Å²) in [7, 11) is 0. The number of nitrogens with one attached hydrogen (secondary N) is 1. The van der Waals surface area contributed by atoms with Gasteiger partial charge >= 0.3 is 0 Å². The molecule has 1 atom stereocenters. The Morgan fingerprint density at radius 2 is 1.56 bits per heavy atom. The van der Waals surface area contributed by atoms with Crippen LogP contribution in [0.5, 0.6) is 0 Å². The second-order valence-electron chi connectivity index (χ2n) is 5.98. The summed E-state index contributed by atoms with van der Waals surface area (Å²) in [6.07, 6.45) is -0.684. The molecule has 0 radical (unpaired) electrons. The second-order valence-corrected chi connectivity index (χ2v) is 6.93. The molecule has 4 heteroatoms. The van der Waals surface area contributed by atoms with E-state index >= 15 is 0 Å². The third-order valence-corrected chi connectivity index (χ3v) is 5.32. The molecule has 3 aromatic rings. The fraction of sp³-hybridized carbons (Fsp3) is 0.190.